The van der Waals surface area contributed by atoms with Crippen molar-refractivity contribution < 1.29 is 9.72 Å². The van der Waals surface area contributed by atoms with Crippen molar-refractivity contribution in [3.63, 3.8) is 0 Å². The second-order valence-corrected chi connectivity index (χ2v) is 5.15. The molecule has 0 amide bonds. The zero-order chi connectivity index (χ0) is 14.6. The average Bonchev–Trinajstić information content (AvgIpc) is 2.92. The van der Waals surface area contributed by atoms with Crippen LogP contribution in [0, 0.1) is 10.1 Å². The molecule has 1 heterocycles. The van der Waals surface area contributed by atoms with E-state index in [4.69, 9.17) is 0 Å². The number of nitrogens with zero attached hydrogens (tertiary/aromatic N) is 3. The number of nitro groups is 1. The molecule has 0 atom stereocenters. The Morgan fingerprint density at radius 2 is 2.05 bits per heavy atom. The molecule has 0 spiro atoms. The van der Waals surface area contributed by atoms with Gasteiger partial charge in [0.05, 0.1) is 16.5 Å². The quantitative estimate of drug-likeness (QED) is 0.576. The highest BCUT2D eigenvalue weighted by molar-refractivity contribution is 6.05. The van der Waals surface area contributed by atoms with Crippen molar-refractivity contribution >= 4 is 34.5 Å². The van der Waals surface area contributed by atoms with E-state index in [0.29, 0.717) is 23.6 Å². The van der Waals surface area contributed by atoms with Gasteiger partial charge in [0.15, 0.2) is 0 Å². The molecule has 0 saturated heterocycles. The van der Waals surface area contributed by atoms with Gasteiger partial charge in [0.25, 0.3) is 5.69 Å². The molecule has 2 aliphatic rings. The first-order chi connectivity index (χ1) is 10.1. The van der Waals surface area contributed by atoms with E-state index >= 15 is 0 Å². The van der Waals surface area contributed by atoms with Gasteiger partial charge in [-0.15, -0.1) is 0 Å². The van der Waals surface area contributed by atoms with E-state index in [2.05, 4.69) is 10.2 Å². The molecular weight excluding hydrogens is 270 g/mol. The van der Waals surface area contributed by atoms with Gasteiger partial charge < -0.3 is 0 Å². The smallest absolute Gasteiger partial charge is 0.279 e. The van der Waals surface area contributed by atoms with E-state index in [1.54, 1.807) is 12.3 Å². The lowest BCUT2D eigenvalue weighted by Gasteiger charge is -2.10. The third-order valence-corrected chi connectivity index (χ3v) is 3.88. The first kappa shape index (κ1) is 11.9. The van der Waals surface area contributed by atoms with Crippen LogP contribution in [0.5, 0.6) is 0 Å². The van der Waals surface area contributed by atoms with Crippen molar-refractivity contribution in [3.05, 3.63) is 50.0 Å². The van der Waals surface area contributed by atoms with Gasteiger partial charge >= 0.3 is 0 Å². The van der Waals surface area contributed by atoms with Crippen molar-refractivity contribution in [2.75, 3.05) is 0 Å². The summed E-state index contributed by atoms with van der Waals surface area (Å²) in [6.45, 7) is 0. The fraction of sp³-hybridized carbons (Fsp3) is 0.133. The maximum Gasteiger partial charge on any atom is 0.279 e. The highest BCUT2D eigenvalue weighted by atomic mass is 16.6. The van der Waals surface area contributed by atoms with Crippen LogP contribution >= 0.6 is 0 Å². The lowest BCUT2D eigenvalue weighted by atomic mass is 9.92. The molecule has 4 rings (SSSR count). The minimum Gasteiger partial charge on any atom is -0.299 e. The SMILES string of the molecule is O=C1CC=c2cc3c([N+](=O)[O-])cc4c(c3cc2C1)C=NN=4. The van der Waals surface area contributed by atoms with E-state index in [-0.39, 0.29) is 11.5 Å². The number of nitro benzene ring substituents is 1. The van der Waals surface area contributed by atoms with E-state index in [1.165, 1.54) is 6.07 Å². The monoisotopic (exact) mass is 279 g/mol. The first-order valence-electron chi connectivity index (χ1n) is 6.50. The van der Waals surface area contributed by atoms with Crippen molar-refractivity contribution in [1.29, 1.82) is 0 Å². The summed E-state index contributed by atoms with van der Waals surface area (Å²) in [5, 5.41) is 21.7. The zero-order valence-electron chi connectivity index (χ0n) is 10.9. The summed E-state index contributed by atoms with van der Waals surface area (Å²) in [6, 6.07) is 5.10. The average molecular weight is 279 g/mol. The van der Waals surface area contributed by atoms with Gasteiger partial charge in [-0.25, -0.2) is 0 Å². The van der Waals surface area contributed by atoms with Gasteiger partial charge in [-0.05, 0) is 28.3 Å². The summed E-state index contributed by atoms with van der Waals surface area (Å²) in [6.07, 6.45) is 4.18. The molecule has 6 nitrogen and oxygen atoms in total. The molecule has 1 aliphatic heterocycles. The Balaban J connectivity index is 2.18. The van der Waals surface area contributed by atoms with Gasteiger partial charge in [-0.3, -0.25) is 14.9 Å². The van der Waals surface area contributed by atoms with Crippen LogP contribution in [0.1, 0.15) is 17.5 Å². The minimum atomic E-state index is -0.406. The first-order valence-corrected chi connectivity index (χ1v) is 6.50. The highest BCUT2D eigenvalue weighted by Gasteiger charge is 2.20. The zero-order valence-corrected chi connectivity index (χ0v) is 10.9. The Morgan fingerprint density at radius 3 is 2.86 bits per heavy atom. The predicted octanol–water partition coefficient (Wildman–Crippen LogP) is 1.01. The topological polar surface area (TPSA) is 84.9 Å². The third kappa shape index (κ3) is 1.69. The lowest BCUT2D eigenvalue weighted by molar-refractivity contribution is -0.383. The molecule has 102 valence electrons. The Morgan fingerprint density at radius 1 is 1.19 bits per heavy atom. The number of carbonyl (C=O) groups is 1. The van der Waals surface area contributed by atoms with Gasteiger partial charge in [0, 0.05) is 24.5 Å². The second-order valence-electron chi connectivity index (χ2n) is 5.15. The van der Waals surface area contributed by atoms with Gasteiger partial charge in [-0.2, -0.15) is 10.2 Å². The van der Waals surface area contributed by atoms with Crippen molar-refractivity contribution in [1.82, 2.24) is 0 Å². The molecule has 0 radical (unpaired) electrons. The maximum atomic E-state index is 11.6. The van der Waals surface area contributed by atoms with Crippen molar-refractivity contribution in [2.45, 2.75) is 12.8 Å². The number of carbonyl (C=O) groups excluding carboxylic acids is 1. The Bertz CT molecular complexity index is 990. The van der Waals surface area contributed by atoms with E-state index in [9.17, 15) is 14.9 Å². The lowest BCUT2D eigenvalue weighted by Crippen LogP contribution is -2.20. The normalized spacial score (nSPS) is 15.3. The van der Waals surface area contributed by atoms with Crippen LogP contribution in [0.15, 0.2) is 28.4 Å². The van der Waals surface area contributed by atoms with Crippen LogP contribution < -0.4 is 10.6 Å². The van der Waals surface area contributed by atoms with Gasteiger partial charge in [0.2, 0.25) is 0 Å². The molecule has 0 N–H and O–H groups in total. The molecule has 0 saturated carbocycles. The summed E-state index contributed by atoms with van der Waals surface area (Å²) >= 11 is 0. The fourth-order valence-corrected chi connectivity index (χ4v) is 2.89. The van der Waals surface area contributed by atoms with E-state index in [0.717, 1.165) is 21.7 Å². The van der Waals surface area contributed by atoms with Crippen LogP contribution in [0.4, 0.5) is 5.69 Å². The number of hydrogen-bond donors (Lipinski definition) is 0. The highest BCUT2D eigenvalue weighted by Crippen LogP contribution is 2.26. The number of hydrogen-bond acceptors (Lipinski definition) is 5. The number of benzene rings is 2. The molecular formula is C15H9N3O3. The summed E-state index contributed by atoms with van der Waals surface area (Å²) < 4.78 is 0. The molecule has 0 fully saturated rings. The van der Waals surface area contributed by atoms with Crippen LogP contribution in [0.3, 0.4) is 0 Å². The Hall–Kier alpha value is -2.89. The maximum absolute atomic E-state index is 11.6. The number of rotatable bonds is 1. The number of non-ortho nitro benzene ring substituents is 1. The van der Waals surface area contributed by atoms with Crippen molar-refractivity contribution in [2.24, 2.45) is 10.2 Å². The van der Waals surface area contributed by atoms with Crippen LogP contribution in [-0.4, -0.2) is 16.9 Å². The minimum absolute atomic E-state index is 0.0195. The van der Waals surface area contributed by atoms with Crippen molar-refractivity contribution in [3.8, 4) is 0 Å². The van der Waals surface area contributed by atoms with Crippen LogP contribution in [-0.2, 0) is 11.2 Å². The molecule has 0 aromatic heterocycles. The second kappa shape index (κ2) is 4.05. The molecule has 2 aromatic rings. The largest absolute Gasteiger partial charge is 0.299 e. The third-order valence-electron chi connectivity index (χ3n) is 3.88. The fourth-order valence-electron chi connectivity index (χ4n) is 2.89. The van der Waals surface area contributed by atoms with Crippen LogP contribution in [0.2, 0.25) is 0 Å². The van der Waals surface area contributed by atoms with Gasteiger partial charge in [-0.1, -0.05) is 6.08 Å². The number of ketones is 1. The Kier molecular flexibility index (Phi) is 2.29. The number of fused-ring (bicyclic) bond motifs is 4. The summed E-state index contributed by atoms with van der Waals surface area (Å²) in [5.74, 6) is 0.155. The predicted molar refractivity (Wildman–Crippen MR) is 76.8 cm³/mol. The molecule has 1 aliphatic carbocycles. The molecule has 6 heteroatoms. The summed E-state index contributed by atoms with van der Waals surface area (Å²) in [7, 11) is 0. The number of Topliss-reactive ketones (excluding diaryl/α,β-unsaturated/α-hetero) is 1. The molecule has 21 heavy (non-hydrogen) atoms. The standard InChI is InChI=1S/C15H9N3O3/c19-10-2-1-8-4-12-11(5-9(8)3-10)13-7-16-17-14(13)6-15(12)18(20)21/h1,4-7H,2-3H2. The summed E-state index contributed by atoms with van der Waals surface area (Å²) in [4.78, 5) is 22.5. The van der Waals surface area contributed by atoms with E-state index in [1.807, 2.05) is 12.1 Å². The Labute approximate surface area is 118 Å². The summed E-state index contributed by atoms with van der Waals surface area (Å²) in [5.41, 5.74) is 1.70. The molecule has 0 bridgehead atoms. The molecule has 2 aromatic carbocycles. The van der Waals surface area contributed by atoms with Crippen LogP contribution in [0.25, 0.3) is 16.8 Å². The van der Waals surface area contributed by atoms with E-state index < -0.39 is 4.92 Å². The molecule has 0 unspecified atom stereocenters. The van der Waals surface area contributed by atoms with Gasteiger partial charge in [0.1, 0.15) is 11.1 Å².